The minimum atomic E-state index is -0.542. The molecule has 0 aliphatic carbocycles. The summed E-state index contributed by atoms with van der Waals surface area (Å²) in [4.78, 5) is 25.5. The third kappa shape index (κ3) is 4.44. The largest absolute Gasteiger partial charge is 0.508 e. The lowest BCUT2D eigenvalue weighted by atomic mass is 9.98. The molecule has 2 heterocycles. The first-order valence-corrected chi connectivity index (χ1v) is 11.4. The van der Waals surface area contributed by atoms with Gasteiger partial charge >= 0.3 is 4.87 Å². The predicted molar refractivity (Wildman–Crippen MR) is 133 cm³/mol. The number of phenols is 1. The zero-order valence-electron chi connectivity index (χ0n) is 18.1. The molecule has 3 aromatic carbocycles. The van der Waals surface area contributed by atoms with Gasteiger partial charge in [-0.05, 0) is 17.7 Å². The van der Waals surface area contributed by atoms with Crippen LogP contribution in [0.1, 0.15) is 23.6 Å². The van der Waals surface area contributed by atoms with Crippen LogP contribution in [0.2, 0.25) is 0 Å². The van der Waals surface area contributed by atoms with Crippen LogP contribution in [0.15, 0.2) is 99.0 Å². The first-order chi connectivity index (χ1) is 17.0. The third-order valence-corrected chi connectivity index (χ3v) is 6.24. The highest BCUT2D eigenvalue weighted by atomic mass is 32.1. The van der Waals surface area contributed by atoms with E-state index in [1.54, 1.807) is 29.3 Å². The number of rotatable bonds is 6. The van der Waals surface area contributed by atoms with Crippen LogP contribution in [-0.4, -0.2) is 20.7 Å². The minimum absolute atomic E-state index is 0.0662. The highest BCUT2D eigenvalue weighted by Crippen LogP contribution is 2.43. The number of nitrogens with one attached hydrogen (secondary N) is 1. The second-order valence-electron chi connectivity index (χ2n) is 7.65. The summed E-state index contributed by atoms with van der Waals surface area (Å²) in [7, 11) is 0. The molecule has 0 bridgehead atoms. The Bertz CT molecular complexity index is 1510. The van der Waals surface area contributed by atoms with Crippen LogP contribution in [-0.2, 0) is 0 Å². The number of thiazole rings is 1. The molecule has 0 radical (unpaired) electrons. The van der Waals surface area contributed by atoms with Crippen molar-refractivity contribution in [2.45, 2.75) is 12.5 Å². The van der Waals surface area contributed by atoms with Crippen LogP contribution in [0.4, 0.5) is 22.2 Å². The maximum atomic E-state index is 12.3. The number of phenolic OH excluding ortho intramolecular Hbond substituents is 1. The molecule has 1 aliphatic heterocycles. The molecule has 1 unspecified atom stereocenters. The lowest BCUT2D eigenvalue weighted by Gasteiger charge is -2.23. The van der Waals surface area contributed by atoms with Crippen molar-refractivity contribution in [1.29, 1.82) is 0 Å². The molecule has 1 aliphatic rings. The van der Waals surface area contributed by atoms with Gasteiger partial charge in [-0.15, -0.1) is 10.2 Å². The van der Waals surface area contributed by atoms with Crippen LogP contribution in [0.3, 0.4) is 0 Å². The van der Waals surface area contributed by atoms with Gasteiger partial charge in [0.2, 0.25) is 0 Å². The molecule has 0 amide bonds. The van der Waals surface area contributed by atoms with Gasteiger partial charge in [0.1, 0.15) is 5.75 Å². The SMILES string of the molecule is O=c1[nH]c(N2N=C(c3ccccc3)CC2c2ccccc2O)c(N=Nc2ccccc2[N+](=O)[O-])s1. The van der Waals surface area contributed by atoms with Crippen molar-refractivity contribution in [3.63, 3.8) is 0 Å². The summed E-state index contributed by atoms with van der Waals surface area (Å²) in [5, 5.41) is 36.7. The average molecular weight is 487 g/mol. The molecule has 1 aromatic heterocycles. The van der Waals surface area contributed by atoms with Gasteiger partial charge in [-0.1, -0.05) is 72.0 Å². The highest BCUT2D eigenvalue weighted by Gasteiger charge is 2.34. The number of nitro benzene ring substituents is 1. The van der Waals surface area contributed by atoms with Crippen LogP contribution >= 0.6 is 11.3 Å². The zero-order chi connectivity index (χ0) is 24.4. The number of hydrogen-bond donors (Lipinski definition) is 2. The lowest BCUT2D eigenvalue weighted by Crippen LogP contribution is -2.19. The van der Waals surface area contributed by atoms with Crippen molar-refractivity contribution in [3.8, 4) is 5.75 Å². The van der Waals surface area contributed by atoms with E-state index in [2.05, 4.69) is 15.2 Å². The Morgan fingerprint density at radius 3 is 2.51 bits per heavy atom. The van der Waals surface area contributed by atoms with E-state index in [4.69, 9.17) is 5.10 Å². The summed E-state index contributed by atoms with van der Waals surface area (Å²) in [6.07, 6.45) is 0.472. The van der Waals surface area contributed by atoms with Gasteiger partial charge < -0.3 is 5.11 Å². The fourth-order valence-electron chi connectivity index (χ4n) is 3.87. The molecular weight excluding hydrogens is 468 g/mol. The average Bonchev–Trinajstić information content (AvgIpc) is 3.47. The number of aromatic nitrogens is 1. The van der Waals surface area contributed by atoms with Crippen LogP contribution in [0.5, 0.6) is 5.75 Å². The monoisotopic (exact) mass is 486 g/mol. The molecule has 0 saturated carbocycles. The van der Waals surface area contributed by atoms with E-state index in [1.807, 2.05) is 36.4 Å². The quantitative estimate of drug-likeness (QED) is 0.201. The fraction of sp³-hybridized carbons (Fsp3) is 0.0833. The van der Waals surface area contributed by atoms with Crippen molar-refractivity contribution in [3.05, 3.63) is 110 Å². The maximum Gasteiger partial charge on any atom is 0.308 e. The highest BCUT2D eigenvalue weighted by molar-refractivity contribution is 7.13. The Hall–Kier alpha value is -4.64. The molecule has 174 valence electrons. The fourth-order valence-corrected chi connectivity index (χ4v) is 4.52. The van der Waals surface area contributed by atoms with Crippen LogP contribution in [0, 0.1) is 10.1 Å². The number of anilines is 1. The summed E-state index contributed by atoms with van der Waals surface area (Å²) in [6.45, 7) is 0. The van der Waals surface area contributed by atoms with Crippen LogP contribution < -0.4 is 9.88 Å². The molecule has 0 spiro atoms. The van der Waals surface area contributed by atoms with Gasteiger partial charge in [-0.2, -0.15) is 5.10 Å². The normalized spacial score (nSPS) is 15.5. The van der Waals surface area contributed by atoms with Gasteiger partial charge in [0.15, 0.2) is 16.5 Å². The minimum Gasteiger partial charge on any atom is -0.508 e. The Morgan fingerprint density at radius 1 is 1.03 bits per heavy atom. The number of aromatic hydroxyl groups is 1. The zero-order valence-corrected chi connectivity index (χ0v) is 18.9. The predicted octanol–water partition coefficient (Wildman–Crippen LogP) is 5.82. The van der Waals surface area contributed by atoms with E-state index >= 15 is 0 Å². The van der Waals surface area contributed by atoms with Crippen molar-refractivity contribution in [2.24, 2.45) is 15.3 Å². The molecule has 2 N–H and O–H groups in total. The summed E-state index contributed by atoms with van der Waals surface area (Å²) < 4.78 is 0. The molecule has 5 rings (SSSR count). The summed E-state index contributed by atoms with van der Waals surface area (Å²) >= 11 is 0.818. The lowest BCUT2D eigenvalue weighted by molar-refractivity contribution is -0.384. The summed E-state index contributed by atoms with van der Waals surface area (Å²) in [5.41, 5.74) is 2.19. The standard InChI is InChI=1S/C24H18N6O4S/c31-21-13-7-4-10-16(21)20-14-18(15-8-2-1-3-9-15)28-29(20)22-23(35-24(32)25-22)27-26-17-11-5-6-12-19(17)30(33)34/h1-13,20,31H,14H2,(H,25,32). The summed E-state index contributed by atoms with van der Waals surface area (Å²) in [5.74, 6) is 0.397. The topological polar surface area (TPSA) is 137 Å². The molecule has 10 nitrogen and oxygen atoms in total. The van der Waals surface area contributed by atoms with Crippen molar-refractivity contribution in [2.75, 3.05) is 5.01 Å². The number of nitro groups is 1. The van der Waals surface area contributed by atoms with Crippen molar-refractivity contribution >= 4 is 39.2 Å². The Balaban J connectivity index is 1.59. The van der Waals surface area contributed by atoms with Gasteiger partial charge in [0.05, 0.1) is 16.7 Å². The van der Waals surface area contributed by atoms with Gasteiger partial charge in [0.25, 0.3) is 5.69 Å². The van der Waals surface area contributed by atoms with E-state index in [1.165, 1.54) is 18.2 Å². The maximum absolute atomic E-state index is 12.3. The number of aromatic amines is 1. The third-order valence-electron chi connectivity index (χ3n) is 5.48. The first kappa shape index (κ1) is 22.2. The molecule has 35 heavy (non-hydrogen) atoms. The summed E-state index contributed by atoms with van der Waals surface area (Å²) in [6, 6.07) is 22.1. The van der Waals surface area contributed by atoms with E-state index in [9.17, 15) is 20.0 Å². The molecule has 1 atom stereocenters. The molecule has 0 fully saturated rings. The van der Waals surface area contributed by atoms with Crippen molar-refractivity contribution < 1.29 is 10.0 Å². The molecule has 11 heteroatoms. The Kier molecular flexibility index (Phi) is 5.90. The number of azo groups is 1. The Morgan fingerprint density at radius 2 is 1.74 bits per heavy atom. The number of hydrazone groups is 1. The first-order valence-electron chi connectivity index (χ1n) is 10.6. The number of H-pyrrole nitrogens is 1. The second-order valence-corrected chi connectivity index (χ2v) is 8.61. The van der Waals surface area contributed by atoms with Gasteiger partial charge in [0, 0.05) is 18.1 Å². The van der Waals surface area contributed by atoms with E-state index in [0.29, 0.717) is 17.8 Å². The molecule has 4 aromatic rings. The second kappa shape index (κ2) is 9.31. The Labute approximate surface area is 202 Å². The number of hydrogen-bond acceptors (Lipinski definition) is 9. The number of benzene rings is 3. The van der Waals surface area contributed by atoms with Gasteiger partial charge in [-0.25, -0.2) is 5.01 Å². The van der Waals surface area contributed by atoms with Gasteiger partial charge in [-0.3, -0.25) is 19.9 Å². The van der Waals surface area contributed by atoms with E-state index < -0.39 is 11.0 Å². The molecular formula is C24H18N6O4S. The number of nitrogens with zero attached hydrogens (tertiary/aromatic N) is 5. The van der Waals surface area contributed by atoms with Crippen LogP contribution in [0.25, 0.3) is 0 Å². The smallest absolute Gasteiger partial charge is 0.308 e. The van der Waals surface area contributed by atoms with Crippen molar-refractivity contribution in [1.82, 2.24) is 4.98 Å². The van der Waals surface area contributed by atoms with E-state index in [0.717, 1.165) is 22.6 Å². The van der Waals surface area contributed by atoms with E-state index in [-0.39, 0.29) is 27.0 Å². The number of para-hydroxylation sites is 2. The molecule has 0 saturated heterocycles.